The van der Waals surface area contributed by atoms with Crippen LogP contribution in [0.5, 0.6) is 0 Å². The molecule has 1 aromatic heterocycles. The highest BCUT2D eigenvalue weighted by Gasteiger charge is 2.17. The molecule has 3 aromatic carbocycles. The van der Waals surface area contributed by atoms with Crippen LogP contribution >= 0.6 is 0 Å². The maximum Gasteiger partial charge on any atom is 0.256 e. The number of amides is 1. The van der Waals surface area contributed by atoms with E-state index >= 15 is 0 Å². The number of aromatic nitrogens is 3. The van der Waals surface area contributed by atoms with Crippen molar-refractivity contribution in [3.05, 3.63) is 77.6 Å². The maximum absolute atomic E-state index is 13.1. The van der Waals surface area contributed by atoms with E-state index in [9.17, 15) is 4.79 Å². The van der Waals surface area contributed by atoms with E-state index in [2.05, 4.69) is 26.1 Å². The molecule has 0 aliphatic carbocycles. The molecule has 1 aliphatic heterocycles. The Hall–Kier alpha value is -3.47. The van der Waals surface area contributed by atoms with Gasteiger partial charge in [-0.05, 0) is 48.2 Å². The van der Waals surface area contributed by atoms with Crippen LogP contribution in [0.25, 0.3) is 22.2 Å². The van der Waals surface area contributed by atoms with Gasteiger partial charge in [0.15, 0.2) is 5.82 Å². The Kier molecular flexibility index (Phi) is 4.79. The Balaban J connectivity index is 1.49. The van der Waals surface area contributed by atoms with Gasteiger partial charge >= 0.3 is 0 Å². The molecule has 0 spiro atoms. The molecule has 0 atom stereocenters. The molecule has 0 saturated carbocycles. The number of carbonyl (C=O) groups excluding carboxylic acids is 1. The van der Waals surface area contributed by atoms with Crippen molar-refractivity contribution in [2.75, 3.05) is 5.32 Å². The highest BCUT2D eigenvalue weighted by molar-refractivity contribution is 6.13. The maximum atomic E-state index is 13.1. The minimum atomic E-state index is -0.105. The fraction of sp³-hybridized carbons (Fsp3) is 0.240. The first-order valence-corrected chi connectivity index (χ1v) is 10.5. The van der Waals surface area contributed by atoms with Crippen molar-refractivity contribution in [2.24, 2.45) is 0 Å². The number of nitrogens with one attached hydrogen (secondary N) is 1. The molecule has 0 bridgehead atoms. The fourth-order valence-electron chi connectivity index (χ4n) is 4.21. The summed E-state index contributed by atoms with van der Waals surface area (Å²) in [5, 5.41) is 14.0. The summed E-state index contributed by atoms with van der Waals surface area (Å²) in [5.74, 6) is 1.84. The third-order valence-corrected chi connectivity index (χ3v) is 5.89. The highest BCUT2D eigenvalue weighted by atomic mass is 16.1. The molecular weight excluding hydrogens is 372 g/mol. The SMILES string of the molecule is Cc1ccc(-c2nnc3n2CCCCC3)cc1NC(=O)c1cccc2ccccc12. The molecule has 0 fully saturated rings. The van der Waals surface area contributed by atoms with E-state index in [0.717, 1.165) is 58.6 Å². The van der Waals surface area contributed by atoms with Gasteiger partial charge in [0.2, 0.25) is 0 Å². The normalized spacial score (nSPS) is 13.6. The third-order valence-electron chi connectivity index (χ3n) is 5.89. The summed E-state index contributed by atoms with van der Waals surface area (Å²) in [6.45, 7) is 2.95. The van der Waals surface area contributed by atoms with Gasteiger partial charge in [0, 0.05) is 29.8 Å². The zero-order valence-electron chi connectivity index (χ0n) is 17.1. The lowest BCUT2D eigenvalue weighted by Gasteiger charge is -2.13. The summed E-state index contributed by atoms with van der Waals surface area (Å²) in [5.41, 5.74) is 3.48. The summed E-state index contributed by atoms with van der Waals surface area (Å²) >= 11 is 0. The Morgan fingerprint density at radius 3 is 2.77 bits per heavy atom. The first-order chi connectivity index (χ1) is 14.7. The van der Waals surface area contributed by atoms with E-state index in [0.29, 0.717) is 5.56 Å². The largest absolute Gasteiger partial charge is 0.322 e. The van der Waals surface area contributed by atoms with Gasteiger partial charge in [0.05, 0.1) is 0 Å². The smallest absolute Gasteiger partial charge is 0.256 e. The second kappa shape index (κ2) is 7.75. The van der Waals surface area contributed by atoms with Crippen LogP contribution in [0.3, 0.4) is 0 Å². The van der Waals surface area contributed by atoms with Gasteiger partial charge in [-0.25, -0.2) is 0 Å². The van der Waals surface area contributed by atoms with Crippen LogP contribution in [0.1, 0.15) is 41.0 Å². The van der Waals surface area contributed by atoms with Crippen molar-refractivity contribution < 1.29 is 4.79 Å². The second-order valence-electron chi connectivity index (χ2n) is 7.91. The molecule has 5 heteroatoms. The summed E-state index contributed by atoms with van der Waals surface area (Å²) in [6.07, 6.45) is 4.51. The molecule has 0 saturated heterocycles. The van der Waals surface area contributed by atoms with Crippen molar-refractivity contribution in [1.82, 2.24) is 14.8 Å². The number of rotatable bonds is 3. The molecule has 0 unspecified atom stereocenters. The molecule has 5 nitrogen and oxygen atoms in total. The Labute approximate surface area is 175 Å². The van der Waals surface area contributed by atoms with Crippen molar-refractivity contribution in [3.8, 4) is 11.4 Å². The van der Waals surface area contributed by atoms with E-state index in [1.807, 2.05) is 61.5 Å². The third kappa shape index (κ3) is 3.36. The predicted molar refractivity (Wildman–Crippen MR) is 120 cm³/mol. The van der Waals surface area contributed by atoms with Crippen LogP contribution in [0.2, 0.25) is 0 Å². The number of nitrogens with zero attached hydrogens (tertiary/aromatic N) is 3. The van der Waals surface area contributed by atoms with E-state index in [1.54, 1.807) is 0 Å². The van der Waals surface area contributed by atoms with Crippen molar-refractivity contribution >= 4 is 22.4 Å². The lowest BCUT2D eigenvalue weighted by molar-refractivity contribution is 0.102. The minimum Gasteiger partial charge on any atom is -0.322 e. The fourth-order valence-corrected chi connectivity index (χ4v) is 4.21. The van der Waals surface area contributed by atoms with E-state index in [1.165, 1.54) is 12.8 Å². The number of anilines is 1. The first kappa shape index (κ1) is 18.6. The summed E-state index contributed by atoms with van der Waals surface area (Å²) in [6, 6.07) is 19.9. The average molecular weight is 396 g/mol. The van der Waals surface area contributed by atoms with Crippen LogP contribution in [0.4, 0.5) is 5.69 Å². The molecule has 4 aromatic rings. The van der Waals surface area contributed by atoms with Crippen LogP contribution in [-0.2, 0) is 13.0 Å². The highest BCUT2D eigenvalue weighted by Crippen LogP contribution is 2.28. The van der Waals surface area contributed by atoms with Gasteiger partial charge in [-0.1, -0.05) is 55.0 Å². The monoisotopic (exact) mass is 396 g/mol. The molecule has 1 N–H and O–H groups in total. The number of fused-ring (bicyclic) bond motifs is 2. The molecule has 1 aliphatic rings. The summed E-state index contributed by atoms with van der Waals surface area (Å²) in [4.78, 5) is 13.1. The van der Waals surface area contributed by atoms with Gasteiger partial charge in [-0.2, -0.15) is 0 Å². The number of carbonyl (C=O) groups is 1. The van der Waals surface area contributed by atoms with E-state index < -0.39 is 0 Å². The van der Waals surface area contributed by atoms with Crippen molar-refractivity contribution in [3.63, 3.8) is 0 Å². The van der Waals surface area contributed by atoms with Crippen molar-refractivity contribution in [2.45, 2.75) is 39.2 Å². The second-order valence-corrected chi connectivity index (χ2v) is 7.91. The standard InChI is InChI=1S/C25H24N4O/c1-17-13-14-19(24-28-27-23-12-3-2-6-15-29(23)24)16-22(17)26-25(30)21-11-7-9-18-8-4-5-10-20(18)21/h4-5,7-11,13-14,16H,2-3,6,12,15H2,1H3,(H,26,30). The van der Waals surface area contributed by atoms with Gasteiger partial charge in [0.25, 0.3) is 5.91 Å². The molecule has 2 heterocycles. The van der Waals surface area contributed by atoms with Crippen LogP contribution in [0, 0.1) is 6.92 Å². The molecule has 5 rings (SSSR count). The first-order valence-electron chi connectivity index (χ1n) is 10.5. The summed E-state index contributed by atoms with van der Waals surface area (Å²) in [7, 11) is 0. The van der Waals surface area contributed by atoms with Gasteiger partial charge in [-0.3, -0.25) is 4.79 Å². The average Bonchev–Trinajstić information content (AvgIpc) is 3.02. The zero-order chi connectivity index (χ0) is 20.5. The quantitative estimate of drug-likeness (QED) is 0.505. The minimum absolute atomic E-state index is 0.105. The molecule has 1 amide bonds. The summed E-state index contributed by atoms with van der Waals surface area (Å²) < 4.78 is 2.23. The van der Waals surface area contributed by atoms with Gasteiger partial charge < -0.3 is 9.88 Å². The van der Waals surface area contributed by atoms with Crippen molar-refractivity contribution in [1.29, 1.82) is 0 Å². The lowest BCUT2D eigenvalue weighted by atomic mass is 10.0. The van der Waals surface area contributed by atoms with E-state index in [4.69, 9.17) is 0 Å². The predicted octanol–water partition coefficient (Wildman–Crippen LogP) is 5.39. The zero-order valence-corrected chi connectivity index (χ0v) is 17.1. The Bertz CT molecular complexity index is 1240. The number of aryl methyl sites for hydroxylation is 2. The Morgan fingerprint density at radius 1 is 0.967 bits per heavy atom. The molecular formula is C25H24N4O. The molecule has 0 radical (unpaired) electrons. The topological polar surface area (TPSA) is 59.8 Å². The van der Waals surface area contributed by atoms with Crippen LogP contribution in [0.15, 0.2) is 60.7 Å². The number of benzene rings is 3. The lowest BCUT2D eigenvalue weighted by Crippen LogP contribution is -2.13. The van der Waals surface area contributed by atoms with E-state index in [-0.39, 0.29) is 5.91 Å². The Morgan fingerprint density at radius 2 is 1.83 bits per heavy atom. The van der Waals surface area contributed by atoms with Crippen LogP contribution in [-0.4, -0.2) is 20.7 Å². The molecule has 150 valence electrons. The van der Waals surface area contributed by atoms with Gasteiger partial charge in [-0.15, -0.1) is 10.2 Å². The number of hydrogen-bond donors (Lipinski definition) is 1. The number of hydrogen-bond acceptors (Lipinski definition) is 3. The molecule has 30 heavy (non-hydrogen) atoms. The van der Waals surface area contributed by atoms with Gasteiger partial charge in [0.1, 0.15) is 5.82 Å². The van der Waals surface area contributed by atoms with Crippen LogP contribution < -0.4 is 5.32 Å².